The predicted molar refractivity (Wildman–Crippen MR) is 141 cm³/mol. The van der Waals surface area contributed by atoms with Gasteiger partial charge in [-0.05, 0) is 49.9 Å². The summed E-state index contributed by atoms with van der Waals surface area (Å²) in [5.74, 6) is 1.12. The van der Waals surface area contributed by atoms with Crippen LogP contribution in [0.5, 0.6) is 0 Å². The van der Waals surface area contributed by atoms with E-state index in [-0.39, 0.29) is 18.2 Å². The number of carbonyl (C=O) groups is 1. The molecule has 0 radical (unpaired) electrons. The molecule has 2 aromatic heterocycles. The number of carbonyl (C=O) groups excluding carboxylic acids is 1. The lowest BCUT2D eigenvalue weighted by Crippen LogP contribution is -2.43. The summed E-state index contributed by atoms with van der Waals surface area (Å²) in [4.78, 5) is 25.5. The van der Waals surface area contributed by atoms with Crippen LogP contribution in [0.2, 0.25) is 0 Å². The van der Waals surface area contributed by atoms with E-state index in [0.29, 0.717) is 24.7 Å². The fourth-order valence-electron chi connectivity index (χ4n) is 6.37. The summed E-state index contributed by atoms with van der Waals surface area (Å²) in [6.07, 6.45) is 8.11. The third-order valence-corrected chi connectivity index (χ3v) is 8.50. The Hall–Kier alpha value is -3.28. The minimum Gasteiger partial charge on any atom is -0.371 e. The molecule has 1 saturated carbocycles. The number of primary amides is 1. The number of morpholine rings is 1. The standard InChI is InChI=1S/C27H33N7O4/c1-32(26(28)35)18-4-2-17(3-5-18)23-30-24(33-15-20-6-7-21(16-33)38-20)22-14-29-34(25(22)31-23)19-8-10-27(11-9-19)36-12-13-37-27/h2-5,14,19-21H,6-13,15-16H2,1H3,(H2,28,35). The number of hydrogen-bond donors (Lipinski definition) is 1. The molecule has 3 aromatic rings. The molecular formula is C27H33N7O4. The number of ether oxygens (including phenoxy) is 3. The maximum Gasteiger partial charge on any atom is 0.318 e. The lowest BCUT2D eigenvalue weighted by Gasteiger charge is -2.35. The second kappa shape index (κ2) is 9.18. The van der Waals surface area contributed by atoms with E-state index >= 15 is 0 Å². The lowest BCUT2D eigenvalue weighted by molar-refractivity contribution is -0.181. The molecule has 2 N–H and O–H groups in total. The first-order valence-electron chi connectivity index (χ1n) is 13.6. The van der Waals surface area contributed by atoms with Gasteiger partial charge in [-0.2, -0.15) is 5.10 Å². The Morgan fingerprint density at radius 2 is 1.71 bits per heavy atom. The van der Waals surface area contributed by atoms with E-state index in [9.17, 15) is 4.79 Å². The number of urea groups is 1. The van der Waals surface area contributed by atoms with Gasteiger partial charge < -0.3 is 24.8 Å². The van der Waals surface area contributed by atoms with Crippen LogP contribution in [0.4, 0.5) is 16.3 Å². The zero-order chi connectivity index (χ0) is 25.9. The monoisotopic (exact) mass is 519 g/mol. The van der Waals surface area contributed by atoms with Crippen molar-refractivity contribution in [1.29, 1.82) is 0 Å². The van der Waals surface area contributed by atoms with Crippen molar-refractivity contribution in [2.24, 2.45) is 5.73 Å². The van der Waals surface area contributed by atoms with Crippen molar-refractivity contribution in [3.63, 3.8) is 0 Å². The lowest BCUT2D eigenvalue weighted by atomic mass is 9.90. The Bertz CT molecular complexity index is 1330. The molecule has 2 amide bonds. The number of aromatic nitrogens is 4. The smallest absolute Gasteiger partial charge is 0.318 e. The molecule has 1 aromatic carbocycles. The average Bonchev–Trinajstić information content (AvgIpc) is 3.67. The van der Waals surface area contributed by atoms with Crippen LogP contribution in [0.1, 0.15) is 44.6 Å². The Morgan fingerprint density at radius 1 is 1.03 bits per heavy atom. The van der Waals surface area contributed by atoms with Crippen LogP contribution in [-0.2, 0) is 14.2 Å². The Labute approximate surface area is 220 Å². The minimum absolute atomic E-state index is 0.217. The van der Waals surface area contributed by atoms with E-state index in [1.807, 2.05) is 30.5 Å². The molecule has 11 nitrogen and oxygen atoms in total. The van der Waals surface area contributed by atoms with Crippen LogP contribution < -0.4 is 15.5 Å². The van der Waals surface area contributed by atoms with Crippen LogP contribution >= 0.6 is 0 Å². The van der Waals surface area contributed by atoms with Crippen molar-refractivity contribution in [2.75, 3.05) is 43.2 Å². The second-order valence-corrected chi connectivity index (χ2v) is 10.8. The van der Waals surface area contributed by atoms with E-state index in [0.717, 1.165) is 74.0 Å². The summed E-state index contributed by atoms with van der Waals surface area (Å²) in [5, 5.41) is 5.82. The summed E-state index contributed by atoms with van der Waals surface area (Å²) in [6, 6.07) is 7.30. The van der Waals surface area contributed by atoms with Gasteiger partial charge in [0, 0.05) is 44.2 Å². The first-order chi connectivity index (χ1) is 18.5. The van der Waals surface area contributed by atoms with E-state index in [2.05, 4.69) is 9.58 Å². The first kappa shape index (κ1) is 23.8. The molecular weight excluding hydrogens is 486 g/mol. The predicted octanol–water partition coefficient (Wildman–Crippen LogP) is 3.23. The van der Waals surface area contributed by atoms with E-state index in [1.54, 1.807) is 7.05 Å². The van der Waals surface area contributed by atoms with Crippen LogP contribution in [0.3, 0.4) is 0 Å². The van der Waals surface area contributed by atoms with Crippen molar-refractivity contribution in [3.05, 3.63) is 30.5 Å². The second-order valence-electron chi connectivity index (χ2n) is 10.8. The zero-order valence-electron chi connectivity index (χ0n) is 21.6. The molecule has 2 unspecified atom stereocenters. The van der Waals surface area contributed by atoms with Crippen LogP contribution in [0, 0.1) is 0 Å². The third-order valence-electron chi connectivity index (χ3n) is 8.50. The molecule has 38 heavy (non-hydrogen) atoms. The van der Waals surface area contributed by atoms with Crippen molar-refractivity contribution in [3.8, 4) is 11.4 Å². The Balaban J connectivity index is 1.27. The van der Waals surface area contributed by atoms with Gasteiger partial charge in [-0.25, -0.2) is 19.4 Å². The summed E-state index contributed by atoms with van der Waals surface area (Å²) in [5.41, 5.74) is 7.87. The summed E-state index contributed by atoms with van der Waals surface area (Å²) in [6.45, 7) is 2.97. The van der Waals surface area contributed by atoms with Gasteiger partial charge >= 0.3 is 6.03 Å². The van der Waals surface area contributed by atoms with Gasteiger partial charge in [-0.3, -0.25) is 4.90 Å². The molecule has 2 atom stereocenters. The highest BCUT2D eigenvalue weighted by Crippen LogP contribution is 2.42. The topological polar surface area (TPSA) is 121 Å². The number of nitrogens with two attached hydrogens (primary N) is 1. The number of fused-ring (bicyclic) bond motifs is 3. The van der Waals surface area contributed by atoms with Gasteiger partial charge in [0.15, 0.2) is 17.3 Å². The van der Waals surface area contributed by atoms with Crippen molar-refractivity contribution < 1.29 is 19.0 Å². The van der Waals surface area contributed by atoms with Gasteiger partial charge in [0.05, 0.1) is 43.0 Å². The molecule has 3 saturated heterocycles. The van der Waals surface area contributed by atoms with Crippen molar-refractivity contribution >= 4 is 28.6 Å². The highest BCUT2D eigenvalue weighted by Gasteiger charge is 2.41. The molecule has 1 spiro atoms. The Kier molecular flexibility index (Phi) is 5.75. The minimum atomic E-state index is -0.508. The van der Waals surface area contributed by atoms with E-state index in [4.69, 9.17) is 35.0 Å². The molecule has 3 aliphatic heterocycles. The van der Waals surface area contributed by atoms with Gasteiger partial charge in [-0.1, -0.05) is 0 Å². The molecule has 200 valence electrons. The van der Waals surface area contributed by atoms with Crippen molar-refractivity contribution in [2.45, 2.75) is 62.6 Å². The van der Waals surface area contributed by atoms with Crippen molar-refractivity contribution in [1.82, 2.24) is 19.7 Å². The normalized spacial score (nSPS) is 24.9. The van der Waals surface area contributed by atoms with E-state index in [1.165, 1.54) is 4.90 Å². The van der Waals surface area contributed by atoms with Gasteiger partial charge in [-0.15, -0.1) is 0 Å². The molecule has 2 bridgehead atoms. The number of amides is 2. The Morgan fingerprint density at radius 3 is 2.37 bits per heavy atom. The molecule has 1 aliphatic carbocycles. The van der Waals surface area contributed by atoms with Gasteiger partial charge in [0.1, 0.15) is 5.82 Å². The SMILES string of the molecule is CN(C(N)=O)c1ccc(-c2nc(N3CC4CCC(C3)O4)c3cnn(C4CCC5(CC4)OCCO5)c3n2)cc1. The number of rotatable bonds is 4. The summed E-state index contributed by atoms with van der Waals surface area (Å²) in [7, 11) is 1.65. The van der Waals surface area contributed by atoms with Gasteiger partial charge in [0.25, 0.3) is 0 Å². The highest BCUT2D eigenvalue weighted by molar-refractivity contribution is 5.91. The molecule has 4 fully saturated rings. The number of benzene rings is 1. The third kappa shape index (κ3) is 4.09. The zero-order valence-corrected chi connectivity index (χ0v) is 21.6. The molecule has 4 aliphatic rings. The van der Waals surface area contributed by atoms with Crippen LogP contribution in [0.25, 0.3) is 22.4 Å². The maximum atomic E-state index is 11.6. The van der Waals surface area contributed by atoms with Crippen LogP contribution in [0.15, 0.2) is 30.5 Å². The number of hydrogen-bond acceptors (Lipinski definition) is 8. The maximum absolute atomic E-state index is 11.6. The van der Waals surface area contributed by atoms with Gasteiger partial charge in [0.2, 0.25) is 0 Å². The quantitative estimate of drug-likeness (QED) is 0.558. The number of nitrogens with zero attached hydrogens (tertiary/aromatic N) is 6. The summed E-state index contributed by atoms with van der Waals surface area (Å²) >= 11 is 0. The van der Waals surface area contributed by atoms with Crippen LogP contribution in [-0.4, -0.2) is 77.1 Å². The summed E-state index contributed by atoms with van der Waals surface area (Å²) < 4.78 is 20.1. The average molecular weight is 520 g/mol. The first-order valence-corrected chi connectivity index (χ1v) is 13.6. The fraction of sp³-hybridized carbons (Fsp3) is 0.556. The largest absolute Gasteiger partial charge is 0.371 e. The number of anilines is 2. The fourth-order valence-corrected chi connectivity index (χ4v) is 6.37. The molecule has 11 heteroatoms. The molecule has 5 heterocycles. The molecule has 7 rings (SSSR count). The van der Waals surface area contributed by atoms with E-state index < -0.39 is 11.8 Å². The highest BCUT2D eigenvalue weighted by atomic mass is 16.7.